The molecule has 2 aliphatic heterocycles. The minimum atomic E-state index is -0.643. The van der Waals surface area contributed by atoms with E-state index in [1.54, 1.807) is 17.0 Å². The Labute approximate surface area is 193 Å². The maximum atomic E-state index is 13.8. The van der Waals surface area contributed by atoms with E-state index in [-0.39, 0.29) is 24.1 Å². The number of aliphatic hydroxyl groups excluding tert-OH is 1. The third-order valence-electron chi connectivity index (χ3n) is 5.77. The van der Waals surface area contributed by atoms with Crippen LogP contribution in [0.2, 0.25) is 10.0 Å². The van der Waals surface area contributed by atoms with Crippen molar-refractivity contribution in [2.24, 2.45) is 0 Å². The molecule has 30 heavy (non-hydrogen) atoms. The molecule has 4 rings (SSSR count). The lowest BCUT2D eigenvalue weighted by Gasteiger charge is -2.40. The monoisotopic (exact) mass is 515 g/mol. The topological polar surface area (TPSA) is 47.0 Å². The van der Waals surface area contributed by atoms with Crippen LogP contribution < -0.4 is 4.90 Å². The summed E-state index contributed by atoms with van der Waals surface area (Å²) in [5.74, 6) is -0.750. The number of likely N-dealkylation sites (tertiary alicyclic amines) is 1. The zero-order valence-corrected chi connectivity index (χ0v) is 19.2. The minimum Gasteiger partial charge on any atom is -0.390 e. The molecular weight excluding hydrogens is 496 g/mol. The number of β-amino-alcohol motifs (C(OH)–C–C–N with tert-alkyl or cyclic N) is 1. The smallest absolute Gasteiger partial charge is 0.254 e. The van der Waals surface area contributed by atoms with Crippen molar-refractivity contribution in [3.05, 3.63) is 62.3 Å². The Morgan fingerprint density at radius 1 is 1.10 bits per heavy atom. The predicted molar refractivity (Wildman–Crippen MR) is 120 cm³/mol. The maximum Gasteiger partial charge on any atom is 0.254 e. The van der Waals surface area contributed by atoms with Gasteiger partial charge in [-0.1, -0.05) is 29.3 Å². The van der Waals surface area contributed by atoms with Gasteiger partial charge >= 0.3 is 0 Å². The molecule has 1 N–H and O–H groups in total. The molecule has 1 amide bonds. The minimum absolute atomic E-state index is 0.147. The predicted octanol–water partition coefficient (Wildman–Crippen LogP) is 3.90. The molecule has 2 fully saturated rings. The third-order valence-corrected chi connectivity index (χ3v) is 7.22. The van der Waals surface area contributed by atoms with Crippen molar-refractivity contribution in [3.8, 4) is 0 Å². The van der Waals surface area contributed by atoms with Crippen LogP contribution in [0.15, 0.2) is 40.9 Å². The van der Waals surface area contributed by atoms with Gasteiger partial charge in [-0.25, -0.2) is 4.39 Å². The zero-order valence-electron chi connectivity index (χ0n) is 16.1. The summed E-state index contributed by atoms with van der Waals surface area (Å²) >= 11 is 15.6. The molecule has 0 saturated carbocycles. The lowest BCUT2D eigenvalue weighted by molar-refractivity contribution is 0.0754. The first-order valence-corrected chi connectivity index (χ1v) is 11.3. The second kappa shape index (κ2) is 9.01. The van der Waals surface area contributed by atoms with Crippen molar-refractivity contribution in [2.75, 3.05) is 44.2 Å². The van der Waals surface area contributed by atoms with Crippen LogP contribution >= 0.6 is 39.1 Å². The van der Waals surface area contributed by atoms with Gasteiger partial charge in [-0.15, -0.1) is 0 Å². The largest absolute Gasteiger partial charge is 0.390 e. The maximum absolute atomic E-state index is 13.8. The van der Waals surface area contributed by atoms with Crippen LogP contribution in [0.1, 0.15) is 10.4 Å². The van der Waals surface area contributed by atoms with Crippen LogP contribution in [-0.4, -0.2) is 72.2 Å². The number of amides is 1. The fraction of sp³-hybridized carbons (Fsp3) is 0.381. The molecule has 5 nitrogen and oxygen atoms in total. The van der Waals surface area contributed by atoms with E-state index in [9.17, 15) is 14.3 Å². The van der Waals surface area contributed by atoms with Crippen LogP contribution in [0.3, 0.4) is 0 Å². The summed E-state index contributed by atoms with van der Waals surface area (Å²) in [6, 6.07) is 9.78. The second-order valence-corrected chi connectivity index (χ2v) is 9.21. The van der Waals surface area contributed by atoms with Crippen LogP contribution in [0.4, 0.5) is 10.1 Å². The lowest BCUT2D eigenvalue weighted by Crippen LogP contribution is -2.53. The summed E-state index contributed by atoms with van der Waals surface area (Å²) in [5, 5.41) is 11.7. The van der Waals surface area contributed by atoms with E-state index in [2.05, 4.69) is 25.7 Å². The van der Waals surface area contributed by atoms with Crippen LogP contribution in [0, 0.1) is 5.82 Å². The molecule has 0 aliphatic carbocycles. The number of benzene rings is 2. The average Bonchev–Trinajstić information content (AvgIpc) is 3.13. The summed E-state index contributed by atoms with van der Waals surface area (Å²) in [6.07, 6.45) is -0.643. The first-order valence-electron chi connectivity index (χ1n) is 9.70. The first-order chi connectivity index (χ1) is 14.3. The Hall–Kier alpha value is -1.38. The number of hydrogen-bond acceptors (Lipinski definition) is 4. The summed E-state index contributed by atoms with van der Waals surface area (Å²) in [6.45, 7) is 3.61. The van der Waals surface area contributed by atoms with E-state index in [1.165, 1.54) is 12.1 Å². The van der Waals surface area contributed by atoms with Crippen molar-refractivity contribution < 1.29 is 14.3 Å². The molecule has 0 spiro atoms. The van der Waals surface area contributed by atoms with Crippen molar-refractivity contribution >= 4 is 50.7 Å². The zero-order chi connectivity index (χ0) is 21.4. The average molecular weight is 517 g/mol. The highest BCUT2D eigenvalue weighted by molar-refractivity contribution is 9.10. The van der Waals surface area contributed by atoms with Gasteiger partial charge in [-0.2, -0.15) is 0 Å². The Kier molecular flexibility index (Phi) is 6.55. The Morgan fingerprint density at radius 2 is 1.83 bits per heavy atom. The van der Waals surface area contributed by atoms with Crippen LogP contribution in [0.25, 0.3) is 0 Å². The number of anilines is 1. The van der Waals surface area contributed by atoms with E-state index < -0.39 is 11.9 Å². The van der Waals surface area contributed by atoms with Crippen molar-refractivity contribution in [1.82, 2.24) is 9.80 Å². The van der Waals surface area contributed by atoms with Crippen LogP contribution in [-0.2, 0) is 0 Å². The molecule has 2 aromatic carbocycles. The van der Waals surface area contributed by atoms with E-state index in [4.69, 9.17) is 23.2 Å². The Bertz CT molecular complexity index is 956. The highest BCUT2D eigenvalue weighted by atomic mass is 79.9. The van der Waals surface area contributed by atoms with Gasteiger partial charge in [-0.3, -0.25) is 9.69 Å². The normalized spacial score (nSPS) is 22.6. The second-order valence-electron chi connectivity index (χ2n) is 7.57. The molecule has 160 valence electrons. The summed E-state index contributed by atoms with van der Waals surface area (Å²) in [7, 11) is 0. The summed E-state index contributed by atoms with van der Waals surface area (Å²) < 4.78 is 14.1. The van der Waals surface area contributed by atoms with Gasteiger partial charge in [0.1, 0.15) is 5.82 Å². The number of piperazine rings is 1. The van der Waals surface area contributed by atoms with Gasteiger partial charge in [-0.05, 0) is 46.3 Å². The molecule has 2 aromatic rings. The van der Waals surface area contributed by atoms with Gasteiger partial charge in [0.2, 0.25) is 0 Å². The Balaban J connectivity index is 1.39. The summed E-state index contributed by atoms with van der Waals surface area (Å²) in [4.78, 5) is 18.7. The van der Waals surface area contributed by atoms with Crippen LogP contribution in [0.5, 0.6) is 0 Å². The molecule has 2 saturated heterocycles. The molecule has 2 heterocycles. The molecule has 9 heteroatoms. The lowest BCUT2D eigenvalue weighted by atomic mass is 10.1. The van der Waals surface area contributed by atoms with Gasteiger partial charge < -0.3 is 14.9 Å². The number of rotatable bonds is 3. The SMILES string of the molecule is O=C(c1ccc(Br)c(F)c1)N1CC(N2CCN(c3cccc(Cl)c3Cl)CC2)[C@@H](O)C1. The van der Waals surface area contributed by atoms with Crippen molar-refractivity contribution in [3.63, 3.8) is 0 Å². The van der Waals surface area contributed by atoms with E-state index in [1.807, 2.05) is 12.1 Å². The fourth-order valence-corrected chi connectivity index (χ4v) is 4.80. The van der Waals surface area contributed by atoms with Gasteiger partial charge in [0.15, 0.2) is 0 Å². The molecule has 1 unspecified atom stereocenters. The number of hydrogen-bond donors (Lipinski definition) is 1. The van der Waals surface area contributed by atoms with Gasteiger partial charge in [0, 0.05) is 44.8 Å². The first kappa shape index (κ1) is 21.8. The number of halogens is 4. The number of aliphatic hydroxyl groups is 1. The third kappa shape index (κ3) is 4.32. The number of carbonyl (C=O) groups is 1. The molecule has 0 radical (unpaired) electrons. The fourth-order valence-electron chi connectivity index (χ4n) is 4.14. The van der Waals surface area contributed by atoms with Gasteiger partial charge in [0.25, 0.3) is 5.91 Å². The highest BCUT2D eigenvalue weighted by Gasteiger charge is 2.39. The molecular formula is C21H21BrCl2FN3O2. The highest BCUT2D eigenvalue weighted by Crippen LogP contribution is 2.33. The van der Waals surface area contributed by atoms with E-state index in [0.717, 1.165) is 31.9 Å². The summed E-state index contributed by atoms with van der Waals surface area (Å²) in [5.41, 5.74) is 1.19. The number of nitrogens with zero attached hydrogens (tertiary/aromatic N) is 3. The molecule has 2 atom stereocenters. The van der Waals surface area contributed by atoms with Gasteiger partial charge in [0.05, 0.1) is 32.4 Å². The molecule has 0 aromatic heterocycles. The standard InChI is InChI=1S/C21H21BrCl2FN3O2/c22-14-5-4-13(10-16(14)25)21(30)28-11-18(19(29)12-28)27-8-6-26(7-9-27)17-3-1-2-15(23)20(17)24/h1-5,10,18-19,29H,6-9,11-12H2/t18?,19-/m0/s1. The number of carbonyl (C=O) groups excluding carboxylic acids is 1. The van der Waals surface area contributed by atoms with E-state index in [0.29, 0.717) is 21.1 Å². The quantitative estimate of drug-likeness (QED) is 0.672. The molecule has 2 aliphatic rings. The van der Waals surface area contributed by atoms with Crippen molar-refractivity contribution in [2.45, 2.75) is 12.1 Å². The molecule has 0 bridgehead atoms. The van der Waals surface area contributed by atoms with E-state index >= 15 is 0 Å². The Morgan fingerprint density at radius 3 is 2.53 bits per heavy atom. The van der Waals surface area contributed by atoms with Crippen molar-refractivity contribution in [1.29, 1.82) is 0 Å².